The molecule has 0 aromatic heterocycles. The van der Waals surface area contributed by atoms with Crippen LogP contribution in [0.15, 0.2) is 0 Å². The van der Waals surface area contributed by atoms with E-state index in [1.807, 2.05) is 0 Å². The molecule has 3 nitrogen and oxygen atoms in total. The average molecular weight is 143 g/mol. The lowest BCUT2D eigenvalue weighted by atomic mass is 9.93. The maximum atomic E-state index is 5.85. The molecule has 0 aliphatic carbocycles. The fourth-order valence-electron chi connectivity index (χ4n) is 1.48. The number of likely N-dealkylation sites (tertiary alicyclic amines) is 1. The van der Waals surface area contributed by atoms with Gasteiger partial charge >= 0.3 is 0 Å². The van der Waals surface area contributed by atoms with Crippen molar-refractivity contribution >= 4 is 0 Å². The highest BCUT2D eigenvalue weighted by Gasteiger charge is 2.22. The fourth-order valence-corrected chi connectivity index (χ4v) is 1.48. The van der Waals surface area contributed by atoms with Crippen molar-refractivity contribution in [2.24, 2.45) is 17.4 Å². The van der Waals surface area contributed by atoms with E-state index in [0.29, 0.717) is 12.0 Å². The number of hydrogen-bond donors (Lipinski definition) is 2. The van der Waals surface area contributed by atoms with Gasteiger partial charge in [-0.1, -0.05) is 0 Å². The number of hydrogen-bond acceptors (Lipinski definition) is 3. The van der Waals surface area contributed by atoms with Crippen molar-refractivity contribution in [2.45, 2.75) is 12.5 Å². The standard InChI is InChI=1S/C7H17N3/c1-10-3-2-7(9)6(4-8)5-10/h6-7H,2-5,8-9H2,1H3. The molecular formula is C7H17N3. The molecule has 0 bridgehead atoms. The van der Waals surface area contributed by atoms with Crippen molar-refractivity contribution in [1.29, 1.82) is 0 Å². The van der Waals surface area contributed by atoms with Gasteiger partial charge in [0.2, 0.25) is 0 Å². The normalized spacial score (nSPS) is 36.3. The Hall–Kier alpha value is -0.120. The third-order valence-electron chi connectivity index (χ3n) is 2.30. The predicted molar refractivity (Wildman–Crippen MR) is 42.6 cm³/mol. The Kier molecular flexibility index (Phi) is 2.65. The zero-order chi connectivity index (χ0) is 7.56. The van der Waals surface area contributed by atoms with E-state index >= 15 is 0 Å². The van der Waals surface area contributed by atoms with Gasteiger partial charge in [-0.25, -0.2) is 0 Å². The summed E-state index contributed by atoms with van der Waals surface area (Å²) in [4.78, 5) is 2.29. The van der Waals surface area contributed by atoms with Gasteiger partial charge in [-0.3, -0.25) is 0 Å². The molecule has 3 heteroatoms. The molecule has 60 valence electrons. The fraction of sp³-hybridized carbons (Fsp3) is 1.00. The van der Waals surface area contributed by atoms with E-state index in [1.165, 1.54) is 0 Å². The van der Waals surface area contributed by atoms with Gasteiger partial charge in [0.25, 0.3) is 0 Å². The summed E-state index contributed by atoms with van der Waals surface area (Å²) in [6.07, 6.45) is 1.10. The molecule has 1 aliphatic rings. The zero-order valence-corrected chi connectivity index (χ0v) is 6.59. The molecule has 0 amide bonds. The highest BCUT2D eigenvalue weighted by atomic mass is 15.1. The van der Waals surface area contributed by atoms with Gasteiger partial charge in [-0.2, -0.15) is 0 Å². The molecule has 1 heterocycles. The first-order valence-corrected chi connectivity index (χ1v) is 3.88. The number of rotatable bonds is 1. The lowest BCUT2D eigenvalue weighted by Gasteiger charge is -2.33. The van der Waals surface area contributed by atoms with Gasteiger partial charge in [0.05, 0.1) is 0 Å². The average Bonchev–Trinajstić information content (AvgIpc) is 1.94. The summed E-state index contributed by atoms with van der Waals surface area (Å²) in [5.74, 6) is 0.513. The highest BCUT2D eigenvalue weighted by Crippen LogP contribution is 2.12. The van der Waals surface area contributed by atoms with Crippen LogP contribution in [-0.4, -0.2) is 37.6 Å². The molecular weight excluding hydrogens is 126 g/mol. The topological polar surface area (TPSA) is 55.3 Å². The second kappa shape index (κ2) is 3.32. The molecule has 1 saturated heterocycles. The van der Waals surface area contributed by atoms with Crippen LogP contribution in [0.25, 0.3) is 0 Å². The van der Waals surface area contributed by atoms with Gasteiger partial charge in [0, 0.05) is 12.6 Å². The maximum absolute atomic E-state index is 5.85. The molecule has 2 unspecified atom stereocenters. The molecule has 0 aromatic rings. The van der Waals surface area contributed by atoms with E-state index < -0.39 is 0 Å². The SMILES string of the molecule is CN1CCC(N)C(CN)C1. The molecule has 0 aromatic carbocycles. The van der Waals surface area contributed by atoms with Crippen LogP contribution in [0.2, 0.25) is 0 Å². The Balaban J connectivity index is 2.38. The molecule has 2 atom stereocenters. The van der Waals surface area contributed by atoms with Gasteiger partial charge in [-0.05, 0) is 32.5 Å². The lowest BCUT2D eigenvalue weighted by Crippen LogP contribution is -2.48. The number of piperidine rings is 1. The third-order valence-corrected chi connectivity index (χ3v) is 2.30. The van der Waals surface area contributed by atoms with Crippen LogP contribution in [-0.2, 0) is 0 Å². The second-order valence-electron chi connectivity index (χ2n) is 3.21. The van der Waals surface area contributed by atoms with Crippen LogP contribution in [0.3, 0.4) is 0 Å². The summed E-state index contributed by atoms with van der Waals surface area (Å²) >= 11 is 0. The van der Waals surface area contributed by atoms with Crippen molar-refractivity contribution < 1.29 is 0 Å². The molecule has 1 rings (SSSR count). The quantitative estimate of drug-likeness (QED) is 0.506. The Morgan fingerprint density at radius 2 is 2.30 bits per heavy atom. The van der Waals surface area contributed by atoms with Crippen LogP contribution in [0.4, 0.5) is 0 Å². The Morgan fingerprint density at radius 1 is 1.60 bits per heavy atom. The van der Waals surface area contributed by atoms with Crippen LogP contribution in [0.5, 0.6) is 0 Å². The molecule has 10 heavy (non-hydrogen) atoms. The van der Waals surface area contributed by atoms with Gasteiger partial charge < -0.3 is 16.4 Å². The van der Waals surface area contributed by atoms with Crippen molar-refractivity contribution in [3.05, 3.63) is 0 Å². The third kappa shape index (κ3) is 1.68. The van der Waals surface area contributed by atoms with Crippen LogP contribution >= 0.6 is 0 Å². The summed E-state index contributed by atoms with van der Waals surface area (Å²) in [6, 6.07) is 0.334. The summed E-state index contributed by atoms with van der Waals surface area (Å²) in [6.45, 7) is 2.92. The summed E-state index contributed by atoms with van der Waals surface area (Å²) in [7, 11) is 2.12. The van der Waals surface area contributed by atoms with Gasteiger partial charge in [0.15, 0.2) is 0 Å². The molecule has 0 saturated carbocycles. The van der Waals surface area contributed by atoms with Crippen molar-refractivity contribution in [1.82, 2.24) is 4.90 Å². The van der Waals surface area contributed by atoms with Crippen molar-refractivity contribution in [2.75, 3.05) is 26.7 Å². The summed E-state index contributed by atoms with van der Waals surface area (Å²) < 4.78 is 0. The van der Waals surface area contributed by atoms with E-state index in [2.05, 4.69) is 11.9 Å². The molecule has 4 N–H and O–H groups in total. The van der Waals surface area contributed by atoms with E-state index in [1.54, 1.807) is 0 Å². The van der Waals surface area contributed by atoms with E-state index in [-0.39, 0.29) is 0 Å². The first-order chi connectivity index (χ1) is 4.74. The largest absolute Gasteiger partial charge is 0.330 e. The molecule has 1 fully saturated rings. The summed E-state index contributed by atoms with van der Waals surface area (Å²) in [5, 5.41) is 0. The smallest absolute Gasteiger partial charge is 0.0104 e. The molecule has 0 radical (unpaired) electrons. The Bertz CT molecular complexity index is 105. The minimum absolute atomic E-state index is 0.334. The first-order valence-electron chi connectivity index (χ1n) is 3.88. The lowest BCUT2D eigenvalue weighted by molar-refractivity contribution is 0.190. The zero-order valence-electron chi connectivity index (χ0n) is 6.59. The van der Waals surface area contributed by atoms with E-state index in [4.69, 9.17) is 11.5 Å². The Morgan fingerprint density at radius 3 is 2.80 bits per heavy atom. The highest BCUT2D eigenvalue weighted by molar-refractivity contribution is 4.81. The van der Waals surface area contributed by atoms with E-state index in [0.717, 1.165) is 26.1 Å². The van der Waals surface area contributed by atoms with Crippen LogP contribution in [0, 0.1) is 5.92 Å². The number of nitrogens with two attached hydrogens (primary N) is 2. The van der Waals surface area contributed by atoms with Gasteiger partial charge in [0.1, 0.15) is 0 Å². The minimum Gasteiger partial charge on any atom is -0.330 e. The van der Waals surface area contributed by atoms with Crippen molar-refractivity contribution in [3.63, 3.8) is 0 Å². The minimum atomic E-state index is 0.334. The summed E-state index contributed by atoms with van der Waals surface area (Å²) in [5.41, 5.74) is 11.4. The second-order valence-corrected chi connectivity index (χ2v) is 3.21. The van der Waals surface area contributed by atoms with Crippen LogP contribution < -0.4 is 11.5 Å². The molecule has 1 aliphatic heterocycles. The van der Waals surface area contributed by atoms with E-state index in [9.17, 15) is 0 Å². The van der Waals surface area contributed by atoms with Crippen molar-refractivity contribution in [3.8, 4) is 0 Å². The maximum Gasteiger partial charge on any atom is 0.0104 e. The van der Waals surface area contributed by atoms with Crippen LogP contribution in [0.1, 0.15) is 6.42 Å². The predicted octanol–water partition coefficient (Wildman–Crippen LogP) is -0.776. The van der Waals surface area contributed by atoms with Gasteiger partial charge in [-0.15, -0.1) is 0 Å². The molecule has 0 spiro atoms. The first kappa shape index (κ1) is 7.98. The Labute approximate surface area is 62.4 Å². The monoisotopic (exact) mass is 143 g/mol. The number of nitrogens with zero attached hydrogens (tertiary/aromatic N) is 1.